The molecule has 19 heavy (non-hydrogen) atoms. The number of hydrogen-bond acceptors (Lipinski definition) is 4. The molecule has 2 bridgehead atoms. The molecule has 1 aromatic rings. The number of hydrogen-bond donors (Lipinski definition) is 1. The Kier molecular flexibility index (Phi) is 3.06. The molecule has 2 atom stereocenters. The summed E-state index contributed by atoms with van der Waals surface area (Å²) in [6.07, 6.45) is 1.25. The molecule has 2 fully saturated rings. The van der Waals surface area contributed by atoms with Crippen molar-refractivity contribution in [1.29, 1.82) is 5.26 Å². The molecule has 2 aliphatic rings. The standard InChI is InChI=1S/C15H18N2O2/c1-17-12-6-15(18,7-13(17)10-19-9-12)14-5-3-2-4-11(14)8-16/h2-5,12-13,18H,6-7,9-10H2,1H3. The quantitative estimate of drug-likeness (QED) is 0.823. The van der Waals surface area contributed by atoms with Gasteiger partial charge in [0, 0.05) is 17.6 Å². The Morgan fingerprint density at radius 2 is 1.95 bits per heavy atom. The molecule has 0 amide bonds. The van der Waals surface area contributed by atoms with Crippen LogP contribution in [0.3, 0.4) is 0 Å². The lowest BCUT2D eigenvalue weighted by Gasteiger charge is -2.50. The first kappa shape index (κ1) is 12.6. The second-order valence-corrected chi connectivity index (χ2v) is 5.61. The number of fused-ring (bicyclic) bond motifs is 2. The molecule has 4 nitrogen and oxygen atoms in total. The van der Waals surface area contributed by atoms with Crippen LogP contribution in [0.4, 0.5) is 0 Å². The highest BCUT2D eigenvalue weighted by atomic mass is 16.5. The van der Waals surface area contributed by atoms with Crippen molar-refractivity contribution in [3.05, 3.63) is 35.4 Å². The van der Waals surface area contributed by atoms with E-state index in [1.807, 2.05) is 18.2 Å². The minimum Gasteiger partial charge on any atom is -0.385 e. The molecule has 0 aromatic heterocycles. The summed E-state index contributed by atoms with van der Waals surface area (Å²) in [5, 5.41) is 20.3. The van der Waals surface area contributed by atoms with Crippen molar-refractivity contribution < 1.29 is 9.84 Å². The van der Waals surface area contributed by atoms with E-state index in [1.165, 1.54) is 0 Å². The van der Waals surface area contributed by atoms with E-state index in [-0.39, 0.29) is 12.1 Å². The number of ether oxygens (including phenoxy) is 1. The summed E-state index contributed by atoms with van der Waals surface area (Å²) < 4.78 is 5.57. The van der Waals surface area contributed by atoms with Gasteiger partial charge in [-0.3, -0.25) is 4.90 Å². The molecule has 3 rings (SSSR count). The molecule has 100 valence electrons. The maximum atomic E-state index is 11.0. The second-order valence-electron chi connectivity index (χ2n) is 5.61. The molecule has 0 radical (unpaired) electrons. The summed E-state index contributed by atoms with van der Waals surface area (Å²) >= 11 is 0. The van der Waals surface area contributed by atoms with Gasteiger partial charge >= 0.3 is 0 Å². The number of rotatable bonds is 1. The summed E-state index contributed by atoms with van der Waals surface area (Å²) in [5.41, 5.74) is 0.439. The van der Waals surface area contributed by atoms with Gasteiger partial charge < -0.3 is 9.84 Å². The van der Waals surface area contributed by atoms with Gasteiger partial charge in [0.25, 0.3) is 0 Å². The fourth-order valence-corrected chi connectivity index (χ4v) is 3.35. The number of piperidine rings is 1. The smallest absolute Gasteiger partial charge is 0.0995 e. The van der Waals surface area contributed by atoms with Crippen LogP contribution in [0.5, 0.6) is 0 Å². The molecule has 4 heteroatoms. The normalized spacial score (nSPS) is 34.8. The number of nitrogens with zero attached hydrogens (tertiary/aromatic N) is 2. The van der Waals surface area contributed by atoms with Gasteiger partial charge in [0.2, 0.25) is 0 Å². The average Bonchev–Trinajstić information content (AvgIpc) is 2.41. The fourth-order valence-electron chi connectivity index (χ4n) is 3.35. The van der Waals surface area contributed by atoms with Crippen molar-refractivity contribution in [3.8, 4) is 6.07 Å². The van der Waals surface area contributed by atoms with E-state index in [2.05, 4.69) is 18.0 Å². The highest BCUT2D eigenvalue weighted by Gasteiger charge is 2.46. The molecule has 1 N–H and O–H groups in total. The van der Waals surface area contributed by atoms with Gasteiger partial charge in [0.1, 0.15) is 0 Å². The molecular weight excluding hydrogens is 240 g/mol. The first-order chi connectivity index (χ1) is 9.14. The van der Waals surface area contributed by atoms with Crippen LogP contribution in [0.2, 0.25) is 0 Å². The molecule has 1 aromatic carbocycles. The van der Waals surface area contributed by atoms with Gasteiger partial charge in [0.15, 0.2) is 0 Å². The van der Waals surface area contributed by atoms with E-state index in [9.17, 15) is 10.4 Å². The zero-order chi connectivity index (χ0) is 13.5. The lowest BCUT2D eigenvalue weighted by Crippen LogP contribution is -2.59. The zero-order valence-electron chi connectivity index (χ0n) is 11.0. The summed E-state index contributed by atoms with van der Waals surface area (Å²) in [5.74, 6) is 0. The highest BCUT2D eigenvalue weighted by molar-refractivity contribution is 5.41. The Morgan fingerprint density at radius 1 is 1.32 bits per heavy atom. The SMILES string of the molecule is CN1C2COCC1CC(O)(c1ccccc1C#N)C2. The Morgan fingerprint density at radius 3 is 2.58 bits per heavy atom. The van der Waals surface area contributed by atoms with E-state index < -0.39 is 5.60 Å². The molecule has 2 heterocycles. The van der Waals surface area contributed by atoms with Crippen molar-refractivity contribution >= 4 is 0 Å². The minimum atomic E-state index is -0.905. The van der Waals surface area contributed by atoms with E-state index in [0.29, 0.717) is 31.6 Å². The van der Waals surface area contributed by atoms with Crippen LogP contribution in [0, 0.1) is 11.3 Å². The summed E-state index contributed by atoms with van der Waals surface area (Å²) in [6.45, 7) is 1.31. The van der Waals surface area contributed by atoms with Crippen LogP contribution in [0.1, 0.15) is 24.0 Å². The molecule has 0 aliphatic carbocycles. The third-order valence-electron chi connectivity index (χ3n) is 4.47. The number of benzene rings is 1. The van der Waals surface area contributed by atoms with Gasteiger partial charge in [-0.05, 0) is 26.0 Å². The highest BCUT2D eigenvalue weighted by Crippen LogP contribution is 2.41. The third kappa shape index (κ3) is 2.04. The van der Waals surface area contributed by atoms with Gasteiger partial charge in [-0.25, -0.2) is 0 Å². The monoisotopic (exact) mass is 258 g/mol. The van der Waals surface area contributed by atoms with Crippen LogP contribution >= 0.6 is 0 Å². The fraction of sp³-hybridized carbons (Fsp3) is 0.533. The van der Waals surface area contributed by atoms with Gasteiger partial charge in [-0.2, -0.15) is 5.26 Å². The van der Waals surface area contributed by atoms with Crippen molar-refractivity contribution in [2.45, 2.75) is 30.5 Å². The first-order valence-electron chi connectivity index (χ1n) is 6.66. The van der Waals surface area contributed by atoms with Gasteiger partial charge in [0.05, 0.1) is 30.4 Å². The van der Waals surface area contributed by atoms with Gasteiger partial charge in [-0.15, -0.1) is 0 Å². The first-order valence-corrected chi connectivity index (χ1v) is 6.66. The Bertz CT molecular complexity index is 509. The lowest BCUT2D eigenvalue weighted by molar-refractivity contribution is -0.137. The predicted molar refractivity (Wildman–Crippen MR) is 70.4 cm³/mol. The molecule has 2 saturated heterocycles. The topological polar surface area (TPSA) is 56.5 Å². The summed E-state index contributed by atoms with van der Waals surface area (Å²) in [7, 11) is 2.09. The Labute approximate surface area is 113 Å². The molecule has 0 saturated carbocycles. The van der Waals surface area contributed by atoms with Gasteiger partial charge in [-0.1, -0.05) is 18.2 Å². The maximum absolute atomic E-state index is 11.0. The van der Waals surface area contributed by atoms with Crippen molar-refractivity contribution in [2.24, 2.45) is 0 Å². The molecule has 2 unspecified atom stereocenters. The van der Waals surface area contributed by atoms with Crippen molar-refractivity contribution in [2.75, 3.05) is 20.3 Å². The second kappa shape index (κ2) is 4.61. The molecular formula is C15H18N2O2. The van der Waals surface area contributed by atoms with Crippen LogP contribution in [0.25, 0.3) is 0 Å². The number of morpholine rings is 1. The van der Waals surface area contributed by atoms with E-state index in [4.69, 9.17) is 4.74 Å². The van der Waals surface area contributed by atoms with Crippen LogP contribution in [-0.2, 0) is 10.3 Å². The average molecular weight is 258 g/mol. The lowest BCUT2D eigenvalue weighted by atomic mass is 9.76. The summed E-state index contributed by atoms with van der Waals surface area (Å²) in [6, 6.07) is 10.0. The number of nitriles is 1. The predicted octanol–water partition coefficient (Wildman–Crippen LogP) is 1.24. The molecule has 0 spiro atoms. The largest absolute Gasteiger partial charge is 0.385 e. The number of likely N-dealkylation sites (N-methyl/N-ethyl adjacent to an activating group) is 1. The van der Waals surface area contributed by atoms with Crippen LogP contribution in [0.15, 0.2) is 24.3 Å². The Balaban J connectivity index is 1.98. The van der Waals surface area contributed by atoms with Crippen LogP contribution < -0.4 is 0 Å². The van der Waals surface area contributed by atoms with E-state index >= 15 is 0 Å². The number of aliphatic hydroxyl groups is 1. The van der Waals surface area contributed by atoms with Crippen molar-refractivity contribution in [1.82, 2.24) is 4.90 Å². The zero-order valence-corrected chi connectivity index (χ0v) is 11.0. The maximum Gasteiger partial charge on any atom is 0.0995 e. The minimum absolute atomic E-state index is 0.226. The van der Waals surface area contributed by atoms with Crippen molar-refractivity contribution in [3.63, 3.8) is 0 Å². The van der Waals surface area contributed by atoms with E-state index in [0.717, 1.165) is 5.56 Å². The molecule has 2 aliphatic heterocycles. The summed E-state index contributed by atoms with van der Waals surface area (Å²) in [4.78, 5) is 2.30. The van der Waals surface area contributed by atoms with Crippen LogP contribution in [-0.4, -0.2) is 42.4 Å². The van der Waals surface area contributed by atoms with E-state index in [1.54, 1.807) is 6.07 Å². The Hall–Kier alpha value is -1.41. The third-order valence-corrected chi connectivity index (χ3v) is 4.47.